The lowest BCUT2D eigenvalue weighted by atomic mass is 9.88. The molecule has 0 bridgehead atoms. The molecule has 132 valence electrons. The van der Waals surface area contributed by atoms with Crippen molar-refractivity contribution in [2.45, 2.75) is 37.4 Å². The molecule has 1 aromatic rings. The first-order valence-electron chi connectivity index (χ1n) is 8.92. The Bertz CT molecular complexity index is 541. The molecule has 1 N–H and O–H groups in total. The van der Waals surface area contributed by atoms with Crippen molar-refractivity contribution < 1.29 is 14.6 Å². The van der Waals surface area contributed by atoms with Crippen molar-refractivity contribution in [1.82, 2.24) is 9.80 Å². The van der Waals surface area contributed by atoms with Gasteiger partial charge in [-0.05, 0) is 24.8 Å². The molecule has 1 unspecified atom stereocenters. The molecule has 2 aliphatic rings. The number of ether oxygens (including phenoxy) is 1. The summed E-state index contributed by atoms with van der Waals surface area (Å²) in [5.41, 5.74) is 1.14. The highest BCUT2D eigenvalue weighted by Crippen LogP contribution is 2.33. The summed E-state index contributed by atoms with van der Waals surface area (Å²) in [5.74, 6) is 0.00109. The maximum atomic E-state index is 12.1. The van der Waals surface area contributed by atoms with Gasteiger partial charge in [-0.2, -0.15) is 0 Å². The van der Waals surface area contributed by atoms with Crippen molar-refractivity contribution in [3.05, 3.63) is 35.9 Å². The molecular weight excluding hydrogens is 304 g/mol. The number of rotatable bonds is 5. The van der Waals surface area contributed by atoms with Crippen LogP contribution in [-0.2, 0) is 16.0 Å². The van der Waals surface area contributed by atoms with E-state index in [0.29, 0.717) is 13.0 Å². The Labute approximate surface area is 144 Å². The van der Waals surface area contributed by atoms with Crippen LogP contribution in [0.5, 0.6) is 0 Å². The Morgan fingerprint density at radius 3 is 2.62 bits per heavy atom. The number of nitrogens with zero attached hydrogens (tertiary/aromatic N) is 2. The third-order valence-electron chi connectivity index (χ3n) is 5.29. The number of aliphatic hydroxyl groups is 1. The third kappa shape index (κ3) is 3.97. The predicted molar refractivity (Wildman–Crippen MR) is 92.8 cm³/mol. The number of benzene rings is 1. The van der Waals surface area contributed by atoms with E-state index in [1.54, 1.807) is 4.90 Å². The normalized spacial score (nSPS) is 24.5. The van der Waals surface area contributed by atoms with Crippen molar-refractivity contribution in [3.63, 3.8) is 0 Å². The largest absolute Gasteiger partial charge is 0.396 e. The molecule has 0 radical (unpaired) electrons. The van der Waals surface area contributed by atoms with Crippen LogP contribution in [0.15, 0.2) is 30.3 Å². The maximum Gasteiger partial charge on any atom is 0.251 e. The summed E-state index contributed by atoms with van der Waals surface area (Å²) in [6, 6.07) is 10.6. The maximum absolute atomic E-state index is 12.1. The number of carbonyl (C=O) groups excluding carboxylic acids is 1. The van der Waals surface area contributed by atoms with Gasteiger partial charge in [-0.25, -0.2) is 0 Å². The molecule has 2 saturated heterocycles. The average Bonchev–Trinajstić information content (AvgIpc) is 2.60. The molecule has 3 rings (SSSR count). The number of piperidine rings is 1. The molecule has 2 aliphatic heterocycles. The van der Waals surface area contributed by atoms with Gasteiger partial charge in [0.15, 0.2) is 0 Å². The number of hydrogen-bond acceptors (Lipinski definition) is 4. The Morgan fingerprint density at radius 1 is 1.25 bits per heavy atom. The fourth-order valence-electron chi connectivity index (χ4n) is 3.84. The summed E-state index contributed by atoms with van der Waals surface area (Å²) in [6.07, 6.45) is 2.87. The SMILES string of the molecule is CN1CC2(CCN(CCc3ccccc3)CC2)OC(CCO)C1=O. The van der Waals surface area contributed by atoms with Gasteiger partial charge >= 0.3 is 0 Å². The second kappa shape index (κ2) is 7.64. The molecule has 0 saturated carbocycles. The smallest absolute Gasteiger partial charge is 0.251 e. The standard InChI is InChI=1S/C19H28N2O3/c1-20-15-19(24-17(8-14-22)18(20)23)9-12-21(13-10-19)11-7-16-5-3-2-4-6-16/h2-6,17,22H,7-15H2,1H3. The van der Waals surface area contributed by atoms with Gasteiger partial charge in [-0.3, -0.25) is 4.79 Å². The van der Waals surface area contributed by atoms with Gasteiger partial charge in [0, 0.05) is 46.3 Å². The summed E-state index contributed by atoms with van der Waals surface area (Å²) in [7, 11) is 1.85. The number of aliphatic hydroxyl groups excluding tert-OH is 1. The van der Waals surface area contributed by atoms with Crippen LogP contribution in [0.4, 0.5) is 0 Å². The first-order chi connectivity index (χ1) is 11.6. The minimum absolute atomic E-state index is 0.00109. The highest BCUT2D eigenvalue weighted by molar-refractivity contribution is 5.81. The van der Waals surface area contributed by atoms with Gasteiger partial charge in [-0.15, -0.1) is 0 Å². The quantitative estimate of drug-likeness (QED) is 0.883. The van der Waals surface area contributed by atoms with Crippen LogP contribution < -0.4 is 0 Å². The van der Waals surface area contributed by atoms with Crippen molar-refractivity contribution in [2.75, 3.05) is 39.8 Å². The fourth-order valence-corrected chi connectivity index (χ4v) is 3.84. The van der Waals surface area contributed by atoms with E-state index >= 15 is 0 Å². The molecule has 0 aromatic heterocycles. The van der Waals surface area contributed by atoms with Crippen molar-refractivity contribution >= 4 is 5.91 Å². The predicted octanol–water partition coefficient (Wildman–Crippen LogP) is 1.30. The number of amides is 1. The minimum Gasteiger partial charge on any atom is -0.396 e. The Hall–Kier alpha value is -1.43. The number of likely N-dealkylation sites (tertiary alicyclic amines) is 1. The molecule has 1 spiro atoms. The molecule has 5 nitrogen and oxygen atoms in total. The molecule has 2 fully saturated rings. The number of morpholine rings is 1. The van der Waals surface area contributed by atoms with Crippen LogP contribution in [0.25, 0.3) is 0 Å². The molecule has 5 heteroatoms. The fraction of sp³-hybridized carbons (Fsp3) is 0.632. The lowest BCUT2D eigenvalue weighted by molar-refractivity contribution is -0.192. The Morgan fingerprint density at radius 2 is 1.96 bits per heavy atom. The topological polar surface area (TPSA) is 53.0 Å². The lowest BCUT2D eigenvalue weighted by Crippen LogP contribution is -2.61. The van der Waals surface area contributed by atoms with Crippen LogP contribution >= 0.6 is 0 Å². The summed E-state index contributed by atoms with van der Waals surface area (Å²) in [5, 5.41) is 9.17. The van der Waals surface area contributed by atoms with Crippen molar-refractivity contribution in [2.24, 2.45) is 0 Å². The van der Waals surface area contributed by atoms with Crippen LogP contribution in [0, 0.1) is 0 Å². The van der Waals surface area contributed by atoms with E-state index in [1.807, 2.05) is 7.05 Å². The Kier molecular flexibility index (Phi) is 5.54. The van der Waals surface area contributed by atoms with E-state index in [1.165, 1.54) is 5.56 Å². The van der Waals surface area contributed by atoms with Crippen LogP contribution in [0.1, 0.15) is 24.8 Å². The molecular formula is C19H28N2O3. The first-order valence-corrected chi connectivity index (χ1v) is 8.92. The van der Waals surface area contributed by atoms with Crippen LogP contribution in [0.3, 0.4) is 0 Å². The van der Waals surface area contributed by atoms with Crippen molar-refractivity contribution in [1.29, 1.82) is 0 Å². The van der Waals surface area contributed by atoms with Crippen LogP contribution in [-0.4, -0.2) is 72.4 Å². The molecule has 1 amide bonds. The van der Waals surface area contributed by atoms with E-state index in [9.17, 15) is 9.90 Å². The van der Waals surface area contributed by atoms with Crippen molar-refractivity contribution in [3.8, 4) is 0 Å². The van der Waals surface area contributed by atoms with Gasteiger partial charge in [0.25, 0.3) is 5.91 Å². The minimum atomic E-state index is -0.482. The number of hydrogen-bond donors (Lipinski definition) is 1. The lowest BCUT2D eigenvalue weighted by Gasteiger charge is -2.48. The zero-order chi connectivity index (χ0) is 17.0. The Balaban J connectivity index is 1.53. The number of likely N-dealkylation sites (N-methyl/N-ethyl adjacent to an activating group) is 1. The summed E-state index contributed by atoms with van der Waals surface area (Å²) in [4.78, 5) is 16.4. The molecule has 0 aliphatic carbocycles. The molecule has 1 atom stereocenters. The monoisotopic (exact) mass is 332 g/mol. The van der Waals surface area contributed by atoms with Gasteiger partial charge in [-0.1, -0.05) is 30.3 Å². The van der Waals surface area contributed by atoms with E-state index in [2.05, 4.69) is 35.2 Å². The summed E-state index contributed by atoms with van der Waals surface area (Å²) in [6.45, 7) is 3.72. The van der Waals surface area contributed by atoms with Gasteiger partial charge in [0.05, 0.1) is 5.60 Å². The molecule has 24 heavy (non-hydrogen) atoms. The van der Waals surface area contributed by atoms with Gasteiger partial charge < -0.3 is 19.6 Å². The van der Waals surface area contributed by atoms with Gasteiger partial charge in [0.2, 0.25) is 0 Å². The van der Waals surface area contributed by atoms with Crippen LogP contribution in [0.2, 0.25) is 0 Å². The van der Waals surface area contributed by atoms with E-state index in [4.69, 9.17) is 4.74 Å². The van der Waals surface area contributed by atoms with Gasteiger partial charge in [0.1, 0.15) is 6.10 Å². The molecule has 2 heterocycles. The average molecular weight is 332 g/mol. The highest BCUT2D eigenvalue weighted by Gasteiger charge is 2.45. The first kappa shape index (κ1) is 17.4. The third-order valence-corrected chi connectivity index (χ3v) is 5.29. The second-order valence-corrected chi connectivity index (χ2v) is 7.07. The van der Waals surface area contributed by atoms with E-state index < -0.39 is 6.10 Å². The zero-order valence-corrected chi connectivity index (χ0v) is 14.5. The highest BCUT2D eigenvalue weighted by atomic mass is 16.5. The van der Waals surface area contributed by atoms with E-state index in [-0.39, 0.29) is 18.1 Å². The molecule has 1 aromatic carbocycles. The zero-order valence-electron chi connectivity index (χ0n) is 14.5. The second-order valence-electron chi connectivity index (χ2n) is 7.07. The number of carbonyl (C=O) groups is 1. The summed E-state index contributed by atoms with van der Waals surface area (Å²) >= 11 is 0. The van der Waals surface area contributed by atoms with E-state index in [0.717, 1.165) is 38.9 Å². The summed E-state index contributed by atoms with van der Waals surface area (Å²) < 4.78 is 6.17.